The molecule has 0 saturated carbocycles. The molecule has 0 N–H and O–H groups in total. The molecule has 3 nitrogen and oxygen atoms in total. The molecule has 0 heterocycles. The molecule has 0 aromatic heterocycles. The lowest BCUT2D eigenvalue weighted by Crippen LogP contribution is -2.14. The van der Waals surface area contributed by atoms with E-state index in [0.717, 1.165) is 37.7 Å². The van der Waals surface area contributed by atoms with Crippen molar-refractivity contribution in [3.8, 4) is 0 Å². The molecule has 0 amide bonds. The van der Waals surface area contributed by atoms with Crippen molar-refractivity contribution in [2.24, 2.45) is 5.92 Å². The van der Waals surface area contributed by atoms with E-state index in [2.05, 4.69) is 13.8 Å². The van der Waals surface area contributed by atoms with Crippen molar-refractivity contribution >= 4 is 10.1 Å². The molecule has 0 aliphatic carbocycles. The van der Waals surface area contributed by atoms with Gasteiger partial charge in [0.05, 0.1) is 11.5 Å². The SMILES string of the molecule is CCCCC(CC)COS(=O)(=O)c1ccc(CC)cc1. The van der Waals surface area contributed by atoms with Crippen LogP contribution in [0.5, 0.6) is 0 Å². The first kappa shape index (κ1) is 17.2. The zero-order valence-corrected chi connectivity index (χ0v) is 13.6. The molecule has 0 saturated heterocycles. The summed E-state index contributed by atoms with van der Waals surface area (Å²) in [7, 11) is -3.62. The zero-order chi connectivity index (χ0) is 15.0. The number of aryl methyl sites for hydroxylation is 1. The maximum atomic E-state index is 12.1. The second kappa shape index (κ2) is 8.42. The van der Waals surface area contributed by atoms with Crippen molar-refractivity contribution in [3.63, 3.8) is 0 Å². The molecule has 20 heavy (non-hydrogen) atoms. The zero-order valence-electron chi connectivity index (χ0n) is 12.8. The Kier molecular flexibility index (Phi) is 7.24. The largest absolute Gasteiger partial charge is 0.296 e. The Morgan fingerprint density at radius 2 is 1.75 bits per heavy atom. The van der Waals surface area contributed by atoms with Crippen LogP contribution >= 0.6 is 0 Å². The van der Waals surface area contributed by atoms with Gasteiger partial charge in [-0.3, -0.25) is 4.18 Å². The van der Waals surface area contributed by atoms with Crippen LogP contribution in [0, 0.1) is 5.92 Å². The maximum Gasteiger partial charge on any atom is 0.296 e. The molecule has 0 fully saturated rings. The van der Waals surface area contributed by atoms with Crippen molar-refractivity contribution in [2.75, 3.05) is 6.61 Å². The smallest absolute Gasteiger partial charge is 0.266 e. The highest BCUT2D eigenvalue weighted by atomic mass is 32.2. The highest BCUT2D eigenvalue weighted by molar-refractivity contribution is 7.86. The molecule has 1 aromatic rings. The van der Waals surface area contributed by atoms with Crippen LogP contribution in [0.4, 0.5) is 0 Å². The summed E-state index contributed by atoms with van der Waals surface area (Å²) >= 11 is 0. The highest BCUT2D eigenvalue weighted by Crippen LogP contribution is 2.18. The quantitative estimate of drug-likeness (QED) is 0.643. The summed E-state index contributed by atoms with van der Waals surface area (Å²) < 4.78 is 29.4. The van der Waals surface area contributed by atoms with Gasteiger partial charge in [0.15, 0.2) is 0 Å². The van der Waals surface area contributed by atoms with E-state index in [1.807, 2.05) is 19.1 Å². The number of rotatable bonds is 9. The molecule has 114 valence electrons. The van der Waals surface area contributed by atoms with Crippen LogP contribution in [0.25, 0.3) is 0 Å². The fraction of sp³-hybridized carbons (Fsp3) is 0.625. The van der Waals surface area contributed by atoms with Crippen molar-refractivity contribution in [1.82, 2.24) is 0 Å². The van der Waals surface area contributed by atoms with Gasteiger partial charge in [0.1, 0.15) is 0 Å². The van der Waals surface area contributed by atoms with Crippen LogP contribution in [0.15, 0.2) is 29.2 Å². The molecular weight excluding hydrogens is 272 g/mol. The standard InChI is InChI=1S/C16H26O3S/c1-4-7-8-15(6-3)13-19-20(17,18)16-11-9-14(5-2)10-12-16/h9-12,15H,4-8,13H2,1-3H3. The lowest BCUT2D eigenvalue weighted by atomic mass is 10.0. The minimum absolute atomic E-state index is 0.250. The van der Waals surface area contributed by atoms with Crippen LogP contribution in [-0.4, -0.2) is 15.0 Å². The molecule has 0 aliphatic rings. The van der Waals surface area contributed by atoms with E-state index >= 15 is 0 Å². The summed E-state index contributed by atoms with van der Waals surface area (Å²) in [6.07, 6.45) is 5.12. The van der Waals surface area contributed by atoms with Crippen molar-refractivity contribution in [2.45, 2.75) is 57.8 Å². The number of benzene rings is 1. The molecule has 4 heteroatoms. The predicted molar refractivity (Wildman–Crippen MR) is 82.3 cm³/mol. The molecule has 1 aromatic carbocycles. The van der Waals surface area contributed by atoms with Crippen molar-refractivity contribution in [1.29, 1.82) is 0 Å². The number of hydrogen-bond acceptors (Lipinski definition) is 3. The molecule has 1 unspecified atom stereocenters. The summed E-state index contributed by atoms with van der Waals surface area (Å²) in [5, 5.41) is 0. The third-order valence-corrected chi connectivity index (χ3v) is 4.92. The summed E-state index contributed by atoms with van der Waals surface area (Å²) in [6.45, 7) is 6.54. The van der Waals surface area contributed by atoms with E-state index in [-0.39, 0.29) is 11.5 Å². The van der Waals surface area contributed by atoms with Crippen LogP contribution in [0.1, 0.15) is 52.0 Å². The number of hydrogen-bond donors (Lipinski definition) is 0. The topological polar surface area (TPSA) is 43.4 Å². The monoisotopic (exact) mass is 298 g/mol. The van der Waals surface area contributed by atoms with E-state index in [1.54, 1.807) is 12.1 Å². The van der Waals surface area contributed by atoms with Crippen LogP contribution < -0.4 is 0 Å². The Balaban J connectivity index is 2.63. The van der Waals surface area contributed by atoms with Gasteiger partial charge in [-0.05, 0) is 36.5 Å². The average molecular weight is 298 g/mol. The van der Waals surface area contributed by atoms with E-state index in [1.165, 1.54) is 0 Å². The first-order chi connectivity index (χ1) is 9.53. The van der Waals surface area contributed by atoms with Gasteiger partial charge < -0.3 is 0 Å². The minimum Gasteiger partial charge on any atom is -0.266 e. The van der Waals surface area contributed by atoms with Crippen LogP contribution in [0.2, 0.25) is 0 Å². The molecule has 0 bridgehead atoms. The average Bonchev–Trinajstić information content (AvgIpc) is 2.47. The summed E-state index contributed by atoms with van der Waals surface area (Å²) in [5.41, 5.74) is 1.12. The van der Waals surface area contributed by atoms with Gasteiger partial charge in [-0.1, -0.05) is 52.2 Å². The van der Waals surface area contributed by atoms with E-state index < -0.39 is 10.1 Å². The Morgan fingerprint density at radius 1 is 1.10 bits per heavy atom. The maximum absolute atomic E-state index is 12.1. The minimum atomic E-state index is -3.62. The molecular formula is C16H26O3S. The van der Waals surface area contributed by atoms with Crippen molar-refractivity contribution in [3.05, 3.63) is 29.8 Å². The van der Waals surface area contributed by atoms with Gasteiger partial charge in [0, 0.05) is 0 Å². The van der Waals surface area contributed by atoms with Gasteiger partial charge in [-0.15, -0.1) is 0 Å². The highest BCUT2D eigenvalue weighted by Gasteiger charge is 2.17. The van der Waals surface area contributed by atoms with Gasteiger partial charge in [0.2, 0.25) is 0 Å². The van der Waals surface area contributed by atoms with Crippen LogP contribution in [-0.2, 0) is 20.7 Å². The Bertz CT molecular complexity index is 477. The third-order valence-electron chi connectivity index (χ3n) is 3.62. The van der Waals surface area contributed by atoms with Gasteiger partial charge in [-0.25, -0.2) is 0 Å². The lowest BCUT2D eigenvalue weighted by molar-refractivity contribution is 0.238. The Hall–Kier alpha value is -0.870. The van der Waals surface area contributed by atoms with Gasteiger partial charge in [0.25, 0.3) is 10.1 Å². The molecule has 1 atom stereocenters. The van der Waals surface area contributed by atoms with Gasteiger partial charge in [-0.2, -0.15) is 8.42 Å². The molecule has 0 aliphatic heterocycles. The fourth-order valence-electron chi connectivity index (χ4n) is 2.04. The van der Waals surface area contributed by atoms with Crippen LogP contribution in [0.3, 0.4) is 0 Å². The van der Waals surface area contributed by atoms with E-state index in [4.69, 9.17) is 4.18 Å². The Morgan fingerprint density at radius 3 is 2.25 bits per heavy atom. The second-order valence-electron chi connectivity index (χ2n) is 5.15. The second-order valence-corrected chi connectivity index (χ2v) is 6.77. The fourth-order valence-corrected chi connectivity index (χ4v) is 3.02. The van der Waals surface area contributed by atoms with Crippen molar-refractivity contribution < 1.29 is 12.6 Å². The number of unbranched alkanes of at least 4 members (excludes halogenated alkanes) is 1. The molecule has 0 radical (unpaired) electrons. The van der Waals surface area contributed by atoms with E-state index in [0.29, 0.717) is 5.92 Å². The van der Waals surface area contributed by atoms with E-state index in [9.17, 15) is 8.42 Å². The Labute approximate surface area is 123 Å². The molecule has 1 rings (SSSR count). The van der Waals surface area contributed by atoms with Gasteiger partial charge >= 0.3 is 0 Å². The first-order valence-electron chi connectivity index (χ1n) is 7.51. The molecule has 0 spiro atoms. The third kappa shape index (κ3) is 5.25. The lowest BCUT2D eigenvalue weighted by Gasteiger charge is -2.14. The summed E-state index contributed by atoms with van der Waals surface area (Å²) in [6, 6.07) is 6.93. The summed E-state index contributed by atoms with van der Waals surface area (Å²) in [5.74, 6) is 0.319. The normalized spacial score (nSPS) is 13.3. The summed E-state index contributed by atoms with van der Waals surface area (Å²) in [4.78, 5) is 0.250. The first-order valence-corrected chi connectivity index (χ1v) is 8.92. The predicted octanol–water partition coefficient (Wildman–Crippen LogP) is 4.17.